The van der Waals surface area contributed by atoms with Crippen LogP contribution in [0.2, 0.25) is 0 Å². The highest BCUT2D eigenvalue weighted by atomic mass is 16.4. The highest BCUT2D eigenvalue weighted by Crippen LogP contribution is 2.06. The molecular formula is C23H37N5O5. The van der Waals surface area contributed by atoms with E-state index in [1.165, 1.54) is 6.92 Å². The fourth-order valence-corrected chi connectivity index (χ4v) is 3.15. The molecular weight excluding hydrogens is 426 g/mol. The summed E-state index contributed by atoms with van der Waals surface area (Å²) in [5.74, 6) is -3.16. The molecule has 0 heterocycles. The summed E-state index contributed by atoms with van der Waals surface area (Å²) in [4.78, 5) is 49.3. The molecule has 1 aromatic rings. The second kappa shape index (κ2) is 14.2. The number of carboxylic acids is 1. The Labute approximate surface area is 194 Å². The van der Waals surface area contributed by atoms with Crippen LogP contribution in [0.4, 0.5) is 0 Å². The van der Waals surface area contributed by atoms with Gasteiger partial charge in [-0.25, -0.2) is 4.79 Å². The molecule has 0 saturated heterocycles. The van der Waals surface area contributed by atoms with Crippen molar-refractivity contribution in [1.29, 1.82) is 0 Å². The topological polar surface area (TPSA) is 177 Å². The summed E-state index contributed by atoms with van der Waals surface area (Å²) in [7, 11) is 0. The van der Waals surface area contributed by atoms with Crippen LogP contribution < -0.4 is 27.4 Å². The van der Waals surface area contributed by atoms with Crippen LogP contribution in [-0.2, 0) is 25.6 Å². The molecule has 4 unspecified atom stereocenters. The lowest BCUT2D eigenvalue weighted by Gasteiger charge is -2.24. The van der Waals surface area contributed by atoms with Crippen molar-refractivity contribution in [3.63, 3.8) is 0 Å². The van der Waals surface area contributed by atoms with Gasteiger partial charge in [0.2, 0.25) is 17.7 Å². The first-order valence-electron chi connectivity index (χ1n) is 11.2. The van der Waals surface area contributed by atoms with E-state index in [1.54, 1.807) is 13.8 Å². The van der Waals surface area contributed by atoms with E-state index in [9.17, 15) is 24.3 Å². The lowest BCUT2D eigenvalue weighted by molar-refractivity contribution is -0.143. The first-order valence-corrected chi connectivity index (χ1v) is 11.2. The fourth-order valence-electron chi connectivity index (χ4n) is 3.15. The maximum absolute atomic E-state index is 13.0. The third-order valence-electron chi connectivity index (χ3n) is 5.20. The zero-order valence-electron chi connectivity index (χ0n) is 19.5. The second-order valence-corrected chi connectivity index (χ2v) is 8.44. The van der Waals surface area contributed by atoms with Gasteiger partial charge in [0, 0.05) is 6.42 Å². The third-order valence-corrected chi connectivity index (χ3v) is 5.20. The van der Waals surface area contributed by atoms with E-state index in [2.05, 4.69) is 16.0 Å². The van der Waals surface area contributed by atoms with Gasteiger partial charge < -0.3 is 32.5 Å². The standard InChI is InChI=1S/C23H37N5O5/c1-14(2)19(23(32)33)28-20(29)15(3)26-22(31)18(13-16-9-5-4-6-10-16)27-21(30)17(25)11-7-8-12-24/h4-6,9-10,14-15,17-19H,7-8,11-13,24-25H2,1-3H3,(H,26,31)(H,27,30)(H,28,29)(H,32,33). The molecule has 0 spiro atoms. The SMILES string of the molecule is CC(NC(=O)C(Cc1ccccc1)NC(=O)C(N)CCCCN)C(=O)NC(C(=O)O)C(C)C. The molecule has 4 atom stereocenters. The maximum Gasteiger partial charge on any atom is 0.326 e. The second-order valence-electron chi connectivity index (χ2n) is 8.44. The molecule has 0 aromatic heterocycles. The molecule has 8 N–H and O–H groups in total. The number of benzene rings is 1. The van der Waals surface area contributed by atoms with Crippen molar-refractivity contribution in [2.75, 3.05) is 6.54 Å². The normalized spacial score (nSPS) is 14.6. The number of amides is 3. The molecule has 1 rings (SSSR count). The maximum atomic E-state index is 13.0. The molecule has 0 radical (unpaired) electrons. The zero-order valence-corrected chi connectivity index (χ0v) is 19.5. The molecule has 0 fully saturated rings. The number of carbonyl (C=O) groups excluding carboxylic acids is 3. The van der Waals surface area contributed by atoms with Crippen LogP contribution in [0.5, 0.6) is 0 Å². The highest BCUT2D eigenvalue weighted by Gasteiger charge is 2.29. The summed E-state index contributed by atoms with van der Waals surface area (Å²) in [6.07, 6.45) is 2.08. The predicted molar refractivity (Wildman–Crippen MR) is 125 cm³/mol. The quantitative estimate of drug-likeness (QED) is 0.209. The van der Waals surface area contributed by atoms with Crippen molar-refractivity contribution in [3.8, 4) is 0 Å². The van der Waals surface area contributed by atoms with Crippen LogP contribution in [-0.4, -0.2) is 59.5 Å². The van der Waals surface area contributed by atoms with Gasteiger partial charge in [0.1, 0.15) is 18.1 Å². The Morgan fingerprint density at radius 1 is 0.909 bits per heavy atom. The van der Waals surface area contributed by atoms with Crippen molar-refractivity contribution in [2.45, 2.75) is 70.6 Å². The van der Waals surface area contributed by atoms with Gasteiger partial charge in [0.05, 0.1) is 6.04 Å². The molecule has 10 heteroatoms. The summed E-state index contributed by atoms with van der Waals surface area (Å²) < 4.78 is 0. The van der Waals surface area contributed by atoms with Crippen molar-refractivity contribution < 1.29 is 24.3 Å². The number of nitrogens with one attached hydrogen (secondary N) is 3. The Balaban J connectivity index is 2.86. The summed E-state index contributed by atoms with van der Waals surface area (Å²) in [5, 5.41) is 16.9. The highest BCUT2D eigenvalue weighted by molar-refractivity contribution is 5.94. The summed E-state index contributed by atoms with van der Waals surface area (Å²) in [6, 6.07) is 5.28. The Morgan fingerprint density at radius 2 is 1.55 bits per heavy atom. The Kier molecular flexibility index (Phi) is 12.1. The van der Waals surface area contributed by atoms with E-state index in [0.717, 1.165) is 12.0 Å². The van der Waals surface area contributed by atoms with E-state index >= 15 is 0 Å². The minimum atomic E-state index is -1.16. The number of unbranched alkanes of at least 4 members (excludes halogenated alkanes) is 1. The monoisotopic (exact) mass is 463 g/mol. The number of nitrogens with two attached hydrogens (primary N) is 2. The number of carboxylic acid groups (broad SMARTS) is 1. The molecule has 1 aromatic carbocycles. The van der Waals surface area contributed by atoms with Gasteiger partial charge in [-0.05, 0) is 37.8 Å². The van der Waals surface area contributed by atoms with E-state index in [1.807, 2.05) is 30.3 Å². The van der Waals surface area contributed by atoms with Crippen LogP contribution in [0.1, 0.15) is 45.6 Å². The molecule has 3 amide bonds. The number of hydrogen-bond donors (Lipinski definition) is 6. The third kappa shape index (κ3) is 10.0. The van der Waals surface area contributed by atoms with Crippen LogP contribution >= 0.6 is 0 Å². The van der Waals surface area contributed by atoms with Crippen molar-refractivity contribution in [1.82, 2.24) is 16.0 Å². The van der Waals surface area contributed by atoms with Gasteiger partial charge in [-0.15, -0.1) is 0 Å². The lowest BCUT2D eigenvalue weighted by Crippen LogP contribution is -2.57. The van der Waals surface area contributed by atoms with E-state index in [0.29, 0.717) is 19.4 Å². The Morgan fingerprint density at radius 3 is 2.09 bits per heavy atom. The fraction of sp³-hybridized carbons (Fsp3) is 0.565. The minimum absolute atomic E-state index is 0.200. The van der Waals surface area contributed by atoms with Crippen LogP contribution in [0.25, 0.3) is 0 Å². The molecule has 0 bridgehead atoms. The molecule has 0 aliphatic carbocycles. The average Bonchev–Trinajstić information content (AvgIpc) is 2.76. The predicted octanol–water partition coefficient (Wildman–Crippen LogP) is -0.0997. The van der Waals surface area contributed by atoms with Gasteiger partial charge in [0.25, 0.3) is 0 Å². The summed E-state index contributed by atoms with van der Waals surface area (Å²) in [5.41, 5.74) is 12.2. The van der Waals surface area contributed by atoms with Crippen LogP contribution in [0, 0.1) is 5.92 Å². The van der Waals surface area contributed by atoms with Gasteiger partial charge >= 0.3 is 5.97 Å². The first-order chi connectivity index (χ1) is 15.6. The molecule has 33 heavy (non-hydrogen) atoms. The Bertz CT molecular complexity index is 787. The number of hydrogen-bond acceptors (Lipinski definition) is 6. The first kappa shape index (κ1) is 28.1. The van der Waals surface area contributed by atoms with Crippen molar-refractivity contribution in [2.24, 2.45) is 17.4 Å². The largest absolute Gasteiger partial charge is 0.480 e. The van der Waals surface area contributed by atoms with Crippen molar-refractivity contribution in [3.05, 3.63) is 35.9 Å². The molecule has 0 aliphatic heterocycles. The zero-order chi connectivity index (χ0) is 25.0. The summed E-state index contributed by atoms with van der Waals surface area (Å²) >= 11 is 0. The molecule has 0 saturated carbocycles. The van der Waals surface area contributed by atoms with E-state index in [4.69, 9.17) is 11.5 Å². The van der Waals surface area contributed by atoms with Gasteiger partial charge in [-0.2, -0.15) is 0 Å². The number of rotatable bonds is 14. The van der Waals surface area contributed by atoms with E-state index < -0.39 is 47.9 Å². The molecule has 0 aliphatic rings. The Hall–Kier alpha value is -2.98. The molecule has 10 nitrogen and oxygen atoms in total. The van der Waals surface area contributed by atoms with E-state index in [-0.39, 0.29) is 12.3 Å². The number of aliphatic carboxylic acids is 1. The van der Waals surface area contributed by atoms with Crippen LogP contribution in [0.3, 0.4) is 0 Å². The lowest BCUT2D eigenvalue weighted by atomic mass is 10.0. The summed E-state index contributed by atoms with van der Waals surface area (Å²) in [6.45, 7) is 5.30. The van der Waals surface area contributed by atoms with Crippen LogP contribution in [0.15, 0.2) is 30.3 Å². The average molecular weight is 464 g/mol. The van der Waals surface area contributed by atoms with Gasteiger partial charge in [-0.3, -0.25) is 14.4 Å². The number of carbonyl (C=O) groups is 4. The van der Waals surface area contributed by atoms with Gasteiger partial charge in [0.15, 0.2) is 0 Å². The van der Waals surface area contributed by atoms with Gasteiger partial charge in [-0.1, -0.05) is 50.6 Å². The molecule has 184 valence electrons. The minimum Gasteiger partial charge on any atom is -0.480 e. The smallest absolute Gasteiger partial charge is 0.326 e. The van der Waals surface area contributed by atoms with Crippen molar-refractivity contribution >= 4 is 23.7 Å².